The van der Waals surface area contributed by atoms with E-state index in [2.05, 4.69) is 56.8 Å². The summed E-state index contributed by atoms with van der Waals surface area (Å²) in [6.45, 7) is 10.2. The average molecular weight is 198 g/mol. The van der Waals surface area contributed by atoms with Gasteiger partial charge in [0.05, 0.1) is 0 Å². The molecule has 0 nitrogen and oxygen atoms in total. The van der Waals surface area contributed by atoms with Crippen molar-refractivity contribution in [2.24, 2.45) is 0 Å². The van der Waals surface area contributed by atoms with Crippen LogP contribution in [0.4, 0.5) is 0 Å². The summed E-state index contributed by atoms with van der Waals surface area (Å²) >= 11 is 0. The lowest BCUT2D eigenvalue weighted by atomic mass is 10.0. The van der Waals surface area contributed by atoms with Crippen molar-refractivity contribution in [1.82, 2.24) is 0 Å². The molecular formula is C15H18. The van der Waals surface area contributed by atoms with Crippen LogP contribution in [0.1, 0.15) is 26.3 Å². The minimum Gasteiger partial charge on any atom is -0.0961 e. The van der Waals surface area contributed by atoms with Crippen molar-refractivity contribution in [2.45, 2.75) is 20.8 Å². The first-order valence-corrected chi connectivity index (χ1v) is 5.17. The first kappa shape index (κ1) is 11.5. The van der Waals surface area contributed by atoms with Crippen molar-refractivity contribution < 1.29 is 0 Å². The van der Waals surface area contributed by atoms with Gasteiger partial charge in [-0.15, -0.1) is 0 Å². The van der Waals surface area contributed by atoms with Gasteiger partial charge in [0.2, 0.25) is 0 Å². The molecule has 0 aliphatic rings. The van der Waals surface area contributed by atoms with Gasteiger partial charge in [0, 0.05) is 0 Å². The Hall–Kier alpha value is -1.56. The topological polar surface area (TPSA) is 0 Å². The molecule has 0 saturated carbocycles. The lowest BCUT2D eigenvalue weighted by Crippen LogP contribution is -1.82. The molecule has 1 rings (SSSR count). The fourth-order valence-corrected chi connectivity index (χ4v) is 1.42. The van der Waals surface area contributed by atoms with Crippen LogP contribution in [0, 0.1) is 0 Å². The van der Waals surface area contributed by atoms with Gasteiger partial charge in [-0.1, -0.05) is 60.2 Å². The maximum absolute atomic E-state index is 3.92. The van der Waals surface area contributed by atoms with Crippen LogP contribution in [0.5, 0.6) is 0 Å². The SMILES string of the molecule is C=C(C)/C=C(\C=C(C)C)c1ccccc1. The second kappa shape index (κ2) is 5.35. The molecule has 0 spiro atoms. The monoisotopic (exact) mass is 198 g/mol. The van der Waals surface area contributed by atoms with Crippen molar-refractivity contribution >= 4 is 5.57 Å². The molecular weight excluding hydrogens is 180 g/mol. The van der Waals surface area contributed by atoms with E-state index >= 15 is 0 Å². The summed E-state index contributed by atoms with van der Waals surface area (Å²) < 4.78 is 0. The highest BCUT2D eigenvalue weighted by molar-refractivity contribution is 5.76. The number of allylic oxidation sites excluding steroid dienone is 5. The van der Waals surface area contributed by atoms with Crippen LogP contribution in [0.3, 0.4) is 0 Å². The molecule has 0 unspecified atom stereocenters. The first-order chi connectivity index (χ1) is 7.09. The third-order valence-corrected chi connectivity index (χ3v) is 1.95. The quantitative estimate of drug-likeness (QED) is 0.622. The molecule has 0 fully saturated rings. The Labute approximate surface area is 92.6 Å². The summed E-state index contributed by atoms with van der Waals surface area (Å²) in [6.07, 6.45) is 4.30. The van der Waals surface area contributed by atoms with E-state index in [1.54, 1.807) is 0 Å². The Morgan fingerprint density at radius 1 is 1.00 bits per heavy atom. The predicted octanol–water partition coefficient (Wildman–Crippen LogP) is 4.61. The molecule has 0 aromatic heterocycles. The van der Waals surface area contributed by atoms with Crippen molar-refractivity contribution in [3.05, 3.63) is 65.8 Å². The molecule has 78 valence electrons. The molecule has 0 atom stereocenters. The fourth-order valence-electron chi connectivity index (χ4n) is 1.42. The van der Waals surface area contributed by atoms with E-state index in [1.807, 2.05) is 13.0 Å². The van der Waals surface area contributed by atoms with Gasteiger partial charge in [0.25, 0.3) is 0 Å². The number of hydrogen-bond donors (Lipinski definition) is 0. The lowest BCUT2D eigenvalue weighted by molar-refractivity contribution is 1.39. The third-order valence-electron chi connectivity index (χ3n) is 1.95. The molecule has 15 heavy (non-hydrogen) atoms. The van der Waals surface area contributed by atoms with E-state index in [-0.39, 0.29) is 0 Å². The van der Waals surface area contributed by atoms with Crippen LogP contribution in [0.25, 0.3) is 5.57 Å². The first-order valence-electron chi connectivity index (χ1n) is 5.17. The van der Waals surface area contributed by atoms with Gasteiger partial charge in [-0.05, 0) is 31.9 Å². The average Bonchev–Trinajstić information content (AvgIpc) is 2.17. The van der Waals surface area contributed by atoms with E-state index in [9.17, 15) is 0 Å². The largest absolute Gasteiger partial charge is 0.0961 e. The number of rotatable bonds is 3. The number of benzene rings is 1. The minimum atomic E-state index is 1.08. The van der Waals surface area contributed by atoms with E-state index in [0.717, 1.165) is 5.57 Å². The number of hydrogen-bond acceptors (Lipinski definition) is 0. The fraction of sp³-hybridized carbons (Fsp3) is 0.200. The lowest BCUT2D eigenvalue weighted by Gasteiger charge is -2.03. The Balaban J connectivity index is 3.14. The minimum absolute atomic E-state index is 1.08. The standard InChI is InChI=1S/C15H18/c1-12(2)10-15(11-13(3)4)14-8-6-5-7-9-14/h5-11H,1H2,2-4H3/b15-10+. The smallest absolute Gasteiger partial charge is 0.0182 e. The van der Waals surface area contributed by atoms with E-state index < -0.39 is 0 Å². The molecule has 0 aliphatic carbocycles. The zero-order valence-electron chi connectivity index (χ0n) is 9.75. The molecule has 0 heterocycles. The molecule has 0 saturated heterocycles. The second-order valence-corrected chi connectivity index (χ2v) is 4.03. The summed E-state index contributed by atoms with van der Waals surface area (Å²) in [6, 6.07) is 10.4. The van der Waals surface area contributed by atoms with Gasteiger partial charge in [-0.3, -0.25) is 0 Å². The van der Waals surface area contributed by atoms with Gasteiger partial charge in [0.1, 0.15) is 0 Å². The van der Waals surface area contributed by atoms with Gasteiger partial charge >= 0.3 is 0 Å². The summed E-state index contributed by atoms with van der Waals surface area (Å²) in [4.78, 5) is 0. The highest BCUT2D eigenvalue weighted by Gasteiger charge is 1.96. The Morgan fingerprint density at radius 3 is 2.07 bits per heavy atom. The molecule has 0 amide bonds. The summed E-state index contributed by atoms with van der Waals surface area (Å²) in [5, 5.41) is 0. The van der Waals surface area contributed by atoms with Gasteiger partial charge in [0.15, 0.2) is 0 Å². The summed E-state index contributed by atoms with van der Waals surface area (Å²) in [5.74, 6) is 0. The van der Waals surface area contributed by atoms with Crippen LogP contribution < -0.4 is 0 Å². The Bertz CT molecular complexity index is 387. The van der Waals surface area contributed by atoms with Crippen LogP contribution >= 0.6 is 0 Å². The molecule has 0 radical (unpaired) electrons. The van der Waals surface area contributed by atoms with Crippen molar-refractivity contribution in [2.75, 3.05) is 0 Å². The van der Waals surface area contributed by atoms with Crippen LogP contribution in [-0.2, 0) is 0 Å². The molecule has 1 aromatic carbocycles. The van der Waals surface area contributed by atoms with E-state index in [4.69, 9.17) is 0 Å². The Kier molecular flexibility index (Phi) is 4.11. The van der Waals surface area contributed by atoms with Crippen molar-refractivity contribution in [1.29, 1.82) is 0 Å². The van der Waals surface area contributed by atoms with Gasteiger partial charge < -0.3 is 0 Å². The third kappa shape index (κ3) is 3.99. The maximum atomic E-state index is 3.92. The van der Waals surface area contributed by atoms with Gasteiger partial charge in [-0.25, -0.2) is 0 Å². The zero-order valence-corrected chi connectivity index (χ0v) is 9.75. The zero-order chi connectivity index (χ0) is 11.3. The van der Waals surface area contributed by atoms with Crippen molar-refractivity contribution in [3.63, 3.8) is 0 Å². The van der Waals surface area contributed by atoms with Gasteiger partial charge in [-0.2, -0.15) is 0 Å². The van der Waals surface area contributed by atoms with Crippen LogP contribution in [0.2, 0.25) is 0 Å². The van der Waals surface area contributed by atoms with E-state index in [0.29, 0.717) is 0 Å². The molecule has 0 bridgehead atoms. The van der Waals surface area contributed by atoms with Crippen molar-refractivity contribution in [3.8, 4) is 0 Å². The van der Waals surface area contributed by atoms with Crippen LogP contribution in [0.15, 0.2) is 60.2 Å². The van der Waals surface area contributed by atoms with Crippen LogP contribution in [-0.4, -0.2) is 0 Å². The molecule has 0 aliphatic heterocycles. The molecule has 0 heteroatoms. The second-order valence-electron chi connectivity index (χ2n) is 4.03. The summed E-state index contributed by atoms with van der Waals surface area (Å²) in [7, 11) is 0. The Morgan fingerprint density at radius 2 is 1.60 bits per heavy atom. The highest BCUT2D eigenvalue weighted by atomic mass is 14.0. The summed E-state index contributed by atoms with van der Waals surface area (Å²) in [5.41, 5.74) is 4.84. The molecule has 1 aromatic rings. The normalized spacial score (nSPS) is 11.0. The van der Waals surface area contributed by atoms with E-state index in [1.165, 1.54) is 16.7 Å². The highest BCUT2D eigenvalue weighted by Crippen LogP contribution is 2.18. The maximum Gasteiger partial charge on any atom is -0.0182 e. The molecule has 0 N–H and O–H groups in total. The predicted molar refractivity (Wildman–Crippen MR) is 68.7 cm³/mol.